The molecule has 100 valence electrons. The molecule has 0 bridgehead atoms. The zero-order valence-corrected chi connectivity index (χ0v) is 11.0. The van der Waals surface area contributed by atoms with E-state index in [1.165, 1.54) is 12.1 Å². The van der Waals surface area contributed by atoms with E-state index in [2.05, 4.69) is 5.32 Å². The Kier molecular flexibility index (Phi) is 5.30. The van der Waals surface area contributed by atoms with E-state index in [9.17, 15) is 13.2 Å². The van der Waals surface area contributed by atoms with Crippen molar-refractivity contribution in [3.8, 4) is 0 Å². The largest absolute Gasteiger partial charge is 0.396 e. The first-order chi connectivity index (χ1) is 8.43. The molecule has 0 saturated heterocycles. The molecule has 6 heteroatoms. The van der Waals surface area contributed by atoms with Crippen molar-refractivity contribution in [1.29, 1.82) is 0 Å². The molecule has 1 rings (SSSR count). The highest BCUT2D eigenvalue weighted by Gasteiger charge is 2.07. The van der Waals surface area contributed by atoms with E-state index in [-0.39, 0.29) is 23.8 Å². The molecule has 0 aliphatic heterocycles. The predicted molar refractivity (Wildman–Crippen MR) is 68.0 cm³/mol. The summed E-state index contributed by atoms with van der Waals surface area (Å²) in [4.78, 5) is 11.7. The average Bonchev–Trinajstić information content (AvgIpc) is 2.29. The van der Waals surface area contributed by atoms with E-state index in [4.69, 9.17) is 5.11 Å². The van der Waals surface area contributed by atoms with Gasteiger partial charge in [0.05, 0.1) is 11.3 Å². The summed E-state index contributed by atoms with van der Waals surface area (Å²) in [7, 11) is -3.19. The molecule has 0 atom stereocenters. The van der Waals surface area contributed by atoms with Gasteiger partial charge in [-0.3, -0.25) is 4.79 Å². The number of benzene rings is 1. The summed E-state index contributed by atoms with van der Waals surface area (Å²) < 4.78 is 22.5. The maximum Gasteiger partial charge on any atom is 0.224 e. The lowest BCUT2D eigenvalue weighted by atomic mass is 10.1. The molecule has 1 aromatic rings. The normalized spacial score (nSPS) is 11.2. The van der Waals surface area contributed by atoms with Crippen LogP contribution in [-0.4, -0.2) is 38.8 Å². The first-order valence-electron chi connectivity index (χ1n) is 5.60. The van der Waals surface area contributed by atoms with E-state index in [1.807, 2.05) is 0 Å². The molecule has 0 fully saturated rings. The number of nitrogens with one attached hydrogen (secondary N) is 1. The number of rotatable bonds is 6. The minimum absolute atomic E-state index is 0.0450. The van der Waals surface area contributed by atoms with E-state index >= 15 is 0 Å². The first kappa shape index (κ1) is 14.7. The van der Waals surface area contributed by atoms with Crippen molar-refractivity contribution in [2.75, 3.05) is 19.4 Å². The fourth-order valence-corrected chi connectivity index (χ4v) is 2.04. The Morgan fingerprint density at radius 3 is 2.39 bits per heavy atom. The fraction of sp³-hybridized carbons (Fsp3) is 0.417. The number of carbonyl (C=O) groups is 1. The second-order valence-electron chi connectivity index (χ2n) is 4.02. The van der Waals surface area contributed by atoms with Crippen LogP contribution in [0.4, 0.5) is 0 Å². The van der Waals surface area contributed by atoms with Crippen LogP contribution in [0.2, 0.25) is 0 Å². The molecule has 18 heavy (non-hydrogen) atoms. The molecule has 0 aliphatic rings. The summed E-state index contributed by atoms with van der Waals surface area (Å²) >= 11 is 0. The summed E-state index contributed by atoms with van der Waals surface area (Å²) in [5, 5.41) is 11.2. The first-order valence-corrected chi connectivity index (χ1v) is 7.49. The van der Waals surface area contributed by atoms with Crippen molar-refractivity contribution in [2.24, 2.45) is 0 Å². The van der Waals surface area contributed by atoms with Gasteiger partial charge in [-0.15, -0.1) is 0 Å². The smallest absolute Gasteiger partial charge is 0.224 e. The minimum Gasteiger partial charge on any atom is -0.396 e. The summed E-state index contributed by atoms with van der Waals surface area (Å²) in [6.45, 7) is 0.486. The third-order valence-electron chi connectivity index (χ3n) is 2.37. The van der Waals surface area contributed by atoms with Gasteiger partial charge in [-0.05, 0) is 24.1 Å². The Labute approximate surface area is 107 Å². The van der Waals surface area contributed by atoms with Crippen molar-refractivity contribution < 1.29 is 18.3 Å². The van der Waals surface area contributed by atoms with Crippen molar-refractivity contribution in [2.45, 2.75) is 17.7 Å². The highest BCUT2D eigenvalue weighted by molar-refractivity contribution is 7.90. The van der Waals surface area contributed by atoms with Crippen molar-refractivity contribution in [3.05, 3.63) is 29.8 Å². The lowest BCUT2D eigenvalue weighted by molar-refractivity contribution is -0.120. The Balaban J connectivity index is 2.56. The van der Waals surface area contributed by atoms with Gasteiger partial charge in [0, 0.05) is 19.4 Å². The van der Waals surface area contributed by atoms with Crippen molar-refractivity contribution in [1.82, 2.24) is 5.32 Å². The van der Waals surface area contributed by atoms with Crippen LogP contribution >= 0.6 is 0 Å². The van der Waals surface area contributed by atoms with Crippen LogP contribution in [0.15, 0.2) is 29.2 Å². The zero-order chi connectivity index (χ0) is 13.6. The number of aliphatic hydroxyl groups is 1. The maximum atomic E-state index is 11.5. The van der Waals surface area contributed by atoms with Crippen LogP contribution in [0.3, 0.4) is 0 Å². The van der Waals surface area contributed by atoms with Gasteiger partial charge < -0.3 is 10.4 Å². The third kappa shape index (κ3) is 4.85. The monoisotopic (exact) mass is 271 g/mol. The van der Waals surface area contributed by atoms with E-state index in [0.717, 1.165) is 11.8 Å². The third-order valence-corrected chi connectivity index (χ3v) is 3.50. The fourth-order valence-electron chi connectivity index (χ4n) is 1.41. The molecule has 0 saturated carbocycles. The topological polar surface area (TPSA) is 83.5 Å². The molecule has 2 N–H and O–H groups in total. The van der Waals surface area contributed by atoms with Crippen molar-refractivity contribution >= 4 is 15.7 Å². The van der Waals surface area contributed by atoms with Gasteiger partial charge >= 0.3 is 0 Å². The number of carbonyl (C=O) groups excluding carboxylic acids is 1. The van der Waals surface area contributed by atoms with Crippen LogP contribution in [0, 0.1) is 0 Å². The number of aliphatic hydroxyl groups excluding tert-OH is 1. The highest BCUT2D eigenvalue weighted by Crippen LogP contribution is 2.10. The van der Waals surface area contributed by atoms with Gasteiger partial charge in [0.2, 0.25) is 5.91 Å². The SMILES string of the molecule is CS(=O)(=O)c1ccc(CC(=O)NCCCO)cc1. The molecular weight excluding hydrogens is 254 g/mol. The van der Waals surface area contributed by atoms with Gasteiger partial charge in [0.25, 0.3) is 0 Å². The molecule has 0 aliphatic carbocycles. The summed E-state index contributed by atoms with van der Waals surface area (Å²) in [5.74, 6) is -0.143. The number of sulfone groups is 1. The van der Waals surface area contributed by atoms with Gasteiger partial charge in [-0.25, -0.2) is 8.42 Å². The lowest BCUT2D eigenvalue weighted by Crippen LogP contribution is -2.26. The number of hydrogen-bond donors (Lipinski definition) is 2. The Morgan fingerprint density at radius 1 is 1.28 bits per heavy atom. The average molecular weight is 271 g/mol. The standard InChI is InChI=1S/C12H17NO4S/c1-18(16,17)11-5-3-10(4-6-11)9-12(15)13-7-2-8-14/h3-6,14H,2,7-9H2,1H3,(H,13,15). The van der Waals surface area contributed by atoms with Crippen LogP contribution in [0.1, 0.15) is 12.0 Å². The van der Waals surface area contributed by atoms with E-state index in [1.54, 1.807) is 12.1 Å². The number of amides is 1. The molecular formula is C12H17NO4S. The quantitative estimate of drug-likeness (QED) is 0.720. The van der Waals surface area contributed by atoms with Gasteiger partial charge in [0.15, 0.2) is 9.84 Å². The lowest BCUT2D eigenvalue weighted by Gasteiger charge is -2.05. The minimum atomic E-state index is -3.19. The molecule has 1 aromatic carbocycles. The molecule has 0 heterocycles. The van der Waals surface area contributed by atoms with Gasteiger partial charge in [-0.2, -0.15) is 0 Å². The molecule has 0 unspecified atom stereocenters. The summed E-state index contributed by atoms with van der Waals surface area (Å²) in [6, 6.07) is 6.24. The Hall–Kier alpha value is -1.40. The molecule has 0 aromatic heterocycles. The van der Waals surface area contributed by atoms with Crippen molar-refractivity contribution in [3.63, 3.8) is 0 Å². The van der Waals surface area contributed by atoms with E-state index < -0.39 is 9.84 Å². The van der Waals surface area contributed by atoms with Crippen LogP contribution in [0.25, 0.3) is 0 Å². The summed E-state index contributed by atoms with van der Waals surface area (Å²) in [5.41, 5.74) is 0.754. The van der Waals surface area contributed by atoms with Gasteiger partial charge in [0.1, 0.15) is 0 Å². The van der Waals surface area contributed by atoms with Crippen LogP contribution in [-0.2, 0) is 21.1 Å². The second-order valence-corrected chi connectivity index (χ2v) is 6.04. The molecule has 0 radical (unpaired) electrons. The second kappa shape index (κ2) is 6.51. The maximum absolute atomic E-state index is 11.5. The Bertz CT molecular complexity index is 493. The summed E-state index contributed by atoms with van der Waals surface area (Å²) in [6.07, 6.45) is 1.87. The highest BCUT2D eigenvalue weighted by atomic mass is 32.2. The zero-order valence-electron chi connectivity index (χ0n) is 10.2. The van der Waals surface area contributed by atoms with Crippen LogP contribution in [0.5, 0.6) is 0 Å². The van der Waals surface area contributed by atoms with Gasteiger partial charge in [-0.1, -0.05) is 12.1 Å². The van der Waals surface area contributed by atoms with E-state index in [0.29, 0.717) is 13.0 Å². The predicted octanol–water partition coefficient (Wildman–Crippen LogP) is 0.131. The number of hydrogen-bond acceptors (Lipinski definition) is 4. The van der Waals surface area contributed by atoms with Crippen LogP contribution < -0.4 is 5.32 Å². The molecule has 5 nitrogen and oxygen atoms in total. The molecule has 1 amide bonds. The Morgan fingerprint density at radius 2 is 1.89 bits per heavy atom. The molecule has 0 spiro atoms.